The van der Waals surface area contributed by atoms with Gasteiger partial charge in [0.05, 0.1) is 11.0 Å². The van der Waals surface area contributed by atoms with Crippen LogP contribution in [0.5, 0.6) is 0 Å². The minimum absolute atomic E-state index is 0.465. The number of anilines is 2. The van der Waals surface area contributed by atoms with Crippen LogP contribution in [-0.4, -0.2) is 40.3 Å². The molecule has 0 radical (unpaired) electrons. The lowest BCUT2D eigenvalue weighted by molar-refractivity contribution is -0.113. The first kappa shape index (κ1) is 22.0. The van der Waals surface area contributed by atoms with Gasteiger partial charge in [0.1, 0.15) is 0 Å². The largest absolute Gasteiger partial charge is 0.369 e. The summed E-state index contributed by atoms with van der Waals surface area (Å²) in [5.41, 5.74) is 10.2. The molecule has 0 fully saturated rings. The Labute approximate surface area is 186 Å². The maximum Gasteiger partial charge on any atom is 0.241 e. The van der Waals surface area contributed by atoms with Crippen LogP contribution in [0, 0.1) is 0 Å². The highest BCUT2D eigenvalue weighted by atomic mass is 35.5. The van der Waals surface area contributed by atoms with Gasteiger partial charge in [-0.2, -0.15) is 0 Å². The molecule has 3 rings (SSSR count). The zero-order chi connectivity index (χ0) is 21.5. The first-order valence-electron chi connectivity index (χ1n) is 9.65. The molecule has 158 valence electrons. The van der Waals surface area contributed by atoms with Crippen LogP contribution in [0.2, 0.25) is 0 Å². The number of rotatable bonds is 10. The van der Waals surface area contributed by atoms with Gasteiger partial charge in [-0.1, -0.05) is 18.2 Å². The molecule has 0 bridgehead atoms. The Balaban J connectivity index is 1.77. The molecule has 6 nitrogen and oxygen atoms in total. The number of fused-ring (bicyclic) bond motifs is 1. The second kappa shape index (κ2) is 10.4. The van der Waals surface area contributed by atoms with Crippen molar-refractivity contribution in [2.24, 2.45) is 12.8 Å². The van der Waals surface area contributed by atoms with Gasteiger partial charge in [-0.05, 0) is 41.5 Å². The number of halogens is 2. The standard InChI is InChI=1S/C22H25Cl2N5O/c1-28-20-7-6-18(29(11-9-23)12-10-24)14-19(20)27-22(28)26-15-17-4-2-3-16(13-17)5-8-21(25)30/h2-8,13-14H,9-12,15H2,1H3,(H2,25,30)(H,26,27)/b8-5+. The highest BCUT2D eigenvalue weighted by Crippen LogP contribution is 2.25. The number of alkyl halides is 2. The van der Waals surface area contributed by atoms with E-state index in [1.54, 1.807) is 6.08 Å². The van der Waals surface area contributed by atoms with Crippen LogP contribution >= 0.6 is 23.2 Å². The molecule has 3 N–H and O–H groups in total. The molecule has 0 aliphatic rings. The van der Waals surface area contributed by atoms with Gasteiger partial charge in [0.25, 0.3) is 0 Å². The molecule has 0 spiro atoms. The van der Waals surface area contributed by atoms with Crippen molar-refractivity contribution in [1.82, 2.24) is 9.55 Å². The summed E-state index contributed by atoms with van der Waals surface area (Å²) in [4.78, 5) is 17.8. The first-order valence-corrected chi connectivity index (χ1v) is 10.7. The summed E-state index contributed by atoms with van der Waals surface area (Å²) in [7, 11) is 1.98. The molecule has 2 aromatic carbocycles. The Morgan fingerprint density at radius 1 is 1.20 bits per heavy atom. The van der Waals surface area contributed by atoms with Gasteiger partial charge in [-0.15, -0.1) is 23.2 Å². The summed E-state index contributed by atoms with van der Waals surface area (Å²) >= 11 is 11.9. The lowest BCUT2D eigenvalue weighted by atomic mass is 10.1. The predicted molar refractivity (Wildman–Crippen MR) is 126 cm³/mol. The maximum atomic E-state index is 10.9. The zero-order valence-electron chi connectivity index (χ0n) is 16.8. The molecule has 1 aromatic heterocycles. The van der Waals surface area contributed by atoms with E-state index < -0.39 is 5.91 Å². The highest BCUT2D eigenvalue weighted by Gasteiger charge is 2.11. The van der Waals surface area contributed by atoms with E-state index >= 15 is 0 Å². The van der Waals surface area contributed by atoms with Gasteiger partial charge in [-0.3, -0.25) is 4.79 Å². The molecule has 30 heavy (non-hydrogen) atoms. The van der Waals surface area contributed by atoms with E-state index in [1.165, 1.54) is 6.08 Å². The molecular weight excluding hydrogens is 421 g/mol. The molecule has 1 heterocycles. The number of carbonyl (C=O) groups excluding carboxylic acids is 1. The molecule has 0 aliphatic heterocycles. The second-order valence-corrected chi connectivity index (χ2v) is 7.62. The number of benzene rings is 2. The number of amides is 1. The first-order chi connectivity index (χ1) is 14.5. The van der Waals surface area contributed by atoms with Crippen molar-refractivity contribution in [1.29, 1.82) is 0 Å². The van der Waals surface area contributed by atoms with Gasteiger partial charge < -0.3 is 20.5 Å². The van der Waals surface area contributed by atoms with Gasteiger partial charge in [-0.25, -0.2) is 4.98 Å². The number of aromatic nitrogens is 2. The normalized spacial score (nSPS) is 11.3. The van der Waals surface area contributed by atoms with Crippen molar-refractivity contribution in [3.05, 3.63) is 59.7 Å². The van der Waals surface area contributed by atoms with Crippen molar-refractivity contribution in [2.75, 3.05) is 35.1 Å². The number of nitrogens with zero attached hydrogens (tertiary/aromatic N) is 3. The van der Waals surface area contributed by atoms with E-state index in [-0.39, 0.29) is 0 Å². The minimum Gasteiger partial charge on any atom is -0.369 e. The summed E-state index contributed by atoms with van der Waals surface area (Å²) in [6, 6.07) is 14.1. The SMILES string of the molecule is Cn1c(NCc2cccc(/C=C/C(N)=O)c2)nc2cc(N(CCCl)CCCl)ccc21. The summed E-state index contributed by atoms with van der Waals surface area (Å²) < 4.78 is 2.03. The van der Waals surface area contributed by atoms with Crippen LogP contribution < -0.4 is 16.0 Å². The Morgan fingerprint density at radius 3 is 2.67 bits per heavy atom. The van der Waals surface area contributed by atoms with Crippen molar-refractivity contribution < 1.29 is 4.79 Å². The number of aryl methyl sites for hydroxylation is 1. The highest BCUT2D eigenvalue weighted by molar-refractivity contribution is 6.18. The van der Waals surface area contributed by atoms with Gasteiger partial charge >= 0.3 is 0 Å². The fourth-order valence-electron chi connectivity index (χ4n) is 3.28. The number of imidazole rings is 1. The van der Waals surface area contributed by atoms with Gasteiger partial charge in [0, 0.05) is 50.2 Å². The number of nitrogens with two attached hydrogens (primary N) is 1. The molecule has 3 aromatic rings. The Morgan fingerprint density at radius 2 is 1.97 bits per heavy atom. The van der Waals surface area contributed by atoms with E-state index in [4.69, 9.17) is 33.9 Å². The van der Waals surface area contributed by atoms with Gasteiger partial charge in [0.15, 0.2) is 0 Å². The predicted octanol–water partition coefficient (Wildman–Crippen LogP) is 3.97. The summed E-state index contributed by atoms with van der Waals surface area (Å²) in [6.45, 7) is 2.07. The van der Waals surface area contributed by atoms with Crippen LogP contribution in [-0.2, 0) is 18.4 Å². The van der Waals surface area contributed by atoms with E-state index in [9.17, 15) is 4.79 Å². The van der Waals surface area contributed by atoms with Crippen molar-refractivity contribution in [3.63, 3.8) is 0 Å². The number of primary amides is 1. The minimum atomic E-state index is -0.465. The van der Waals surface area contributed by atoms with E-state index in [0.29, 0.717) is 18.3 Å². The molecule has 0 unspecified atom stereocenters. The third-order valence-electron chi connectivity index (χ3n) is 4.78. The monoisotopic (exact) mass is 445 g/mol. The van der Waals surface area contributed by atoms with Gasteiger partial charge in [0.2, 0.25) is 11.9 Å². The van der Waals surface area contributed by atoms with E-state index in [1.807, 2.05) is 35.9 Å². The lowest BCUT2D eigenvalue weighted by Gasteiger charge is -2.22. The zero-order valence-corrected chi connectivity index (χ0v) is 18.3. The topological polar surface area (TPSA) is 76.2 Å². The van der Waals surface area contributed by atoms with E-state index in [0.717, 1.165) is 46.9 Å². The van der Waals surface area contributed by atoms with Crippen LogP contribution in [0.25, 0.3) is 17.1 Å². The van der Waals surface area contributed by atoms with Crippen LogP contribution in [0.3, 0.4) is 0 Å². The molecule has 0 saturated heterocycles. The number of hydrogen-bond donors (Lipinski definition) is 2. The average molecular weight is 446 g/mol. The number of carbonyl (C=O) groups is 1. The molecule has 0 atom stereocenters. The number of hydrogen-bond acceptors (Lipinski definition) is 4. The van der Waals surface area contributed by atoms with Crippen LogP contribution in [0.4, 0.5) is 11.6 Å². The third kappa shape index (κ3) is 5.46. The Kier molecular flexibility index (Phi) is 7.60. The molecule has 8 heteroatoms. The summed E-state index contributed by atoms with van der Waals surface area (Å²) in [5, 5.41) is 3.39. The smallest absolute Gasteiger partial charge is 0.241 e. The molecular formula is C22H25Cl2N5O. The molecule has 0 aliphatic carbocycles. The Hall–Kier alpha value is -2.70. The second-order valence-electron chi connectivity index (χ2n) is 6.87. The Bertz CT molecular complexity index is 1040. The van der Waals surface area contributed by atoms with Crippen LogP contribution in [0.1, 0.15) is 11.1 Å². The average Bonchev–Trinajstić information content (AvgIpc) is 3.06. The fraction of sp³-hybridized carbons (Fsp3) is 0.273. The van der Waals surface area contributed by atoms with E-state index in [2.05, 4.69) is 28.4 Å². The molecule has 1 amide bonds. The quantitative estimate of drug-likeness (QED) is 0.365. The lowest BCUT2D eigenvalue weighted by Crippen LogP contribution is -2.27. The summed E-state index contributed by atoms with van der Waals surface area (Å²) in [6.07, 6.45) is 3.06. The maximum absolute atomic E-state index is 10.9. The van der Waals surface area contributed by atoms with Crippen molar-refractivity contribution >= 4 is 57.9 Å². The third-order valence-corrected chi connectivity index (χ3v) is 5.12. The fourth-order valence-corrected chi connectivity index (χ4v) is 3.69. The van der Waals surface area contributed by atoms with Crippen LogP contribution in [0.15, 0.2) is 48.5 Å². The summed E-state index contributed by atoms with van der Waals surface area (Å²) in [5.74, 6) is 1.39. The van der Waals surface area contributed by atoms with Crippen molar-refractivity contribution in [3.8, 4) is 0 Å². The molecule has 0 saturated carbocycles. The van der Waals surface area contributed by atoms with Crippen molar-refractivity contribution in [2.45, 2.75) is 6.54 Å². The number of nitrogens with one attached hydrogen (secondary N) is 1.